The van der Waals surface area contributed by atoms with E-state index < -0.39 is 0 Å². The number of halogens is 1. The van der Waals surface area contributed by atoms with Crippen molar-refractivity contribution in [1.29, 1.82) is 0 Å². The van der Waals surface area contributed by atoms with Crippen molar-refractivity contribution in [3.8, 4) is 11.5 Å². The highest BCUT2D eigenvalue weighted by Gasteiger charge is 2.13. The summed E-state index contributed by atoms with van der Waals surface area (Å²) < 4.78 is 10.6. The van der Waals surface area contributed by atoms with Gasteiger partial charge in [0.1, 0.15) is 0 Å². The first-order valence-corrected chi connectivity index (χ1v) is 6.48. The summed E-state index contributed by atoms with van der Waals surface area (Å²) in [5.74, 6) is 1.69. The topological polar surface area (TPSA) is 30.5 Å². The summed E-state index contributed by atoms with van der Waals surface area (Å²) in [6.07, 6.45) is 2.05. The summed E-state index contributed by atoms with van der Waals surface area (Å²) in [7, 11) is 0. The molecule has 2 rings (SSSR count). The smallest absolute Gasteiger partial charge is 0.231 e. The number of aryl methyl sites for hydroxylation is 1. The van der Waals surface area contributed by atoms with E-state index >= 15 is 0 Å². The standard InChI is InChI=1S/C14H18ClNO2/c1-10(15)8-16-11(2)3-4-12-5-6-13-14(7-12)18-9-17-13/h5-7,11,16H,1,3-4,8-9H2,2H3. The summed E-state index contributed by atoms with van der Waals surface area (Å²) in [4.78, 5) is 0. The molecule has 0 aromatic heterocycles. The third-order valence-corrected chi connectivity index (χ3v) is 3.08. The molecule has 18 heavy (non-hydrogen) atoms. The van der Waals surface area contributed by atoms with Gasteiger partial charge >= 0.3 is 0 Å². The van der Waals surface area contributed by atoms with Gasteiger partial charge in [0.05, 0.1) is 0 Å². The predicted octanol–water partition coefficient (Wildman–Crippen LogP) is 3.08. The predicted molar refractivity (Wildman–Crippen MR) is 73.3 cm³/mol. The third-order valence-electron chi connectivity index (χ3n) is 2.95. The number of nitrogens with one attached hydrogen (secondary N) is 1. The molecule has 1 aliphatic rings. The Balaban J connectivity index is 1.81. The van der Waals surface area contributed by atoms with Crippen LogP contribution in [0.5, 0.6) is 11.5 Å². The highest BCUT2D eigenvalue weighted by atomic mass is 35.5. The molecule has 0 saturated heterocycles. The van der Waals surface area contributed by atoms with Crippen LogP contribution in [0.2, 0.25) is 0 Å². The molecule has 98 valence electrons. The molecule has 0 spiro atoms. The molecule has 0 bridgehead atoms. The Labute approximate surface area is 113 Å². The fourth-order valence-electron chi connectivity index (χ4n) is 1.87. The molecular formula is C14H18ClNO2. The van der Waals surface area contributed by atoms with Crippen molar-refractivity contribution < 1.29 is 9.47 Å². The zero-order valence-corrected chi connectivity index (χ0v) is 11.3. The summed E-state index contributed by atoms with van der Waals surface area (Å²) in [6, 6.07) is 6.51. The molecule has 4 heteroatoms. The monoisotopic (exact) mass is 267 g/mol. The summed E-state index contributed by atoms with van der Waals surface area (Å²) >= 11 is 5.72. The van der Waals surface area contributed by atoms with Gasteiger partial charge in [0.15, 0.2) is 11.5 Å². The first-order valence-electron chi connectivity index (χ1n) is 6.10. The summed E-state index contributed by atoms with van der Waals surface area (Å²) in [6.45, 7) is 6.79. The molecular weight excluding hydrogens is 250 g/mol. The average molecular weight is 268 g/mol. The van der Waals surface area contributed by atoms with Crippen molar-refractivity contribution >= 4 is 11.6 Å². The summed E-state index contributed by atoms with van der Waals surface area (Å²) in [5, 5.41) is 3.96. The molecule has 1 atom stereocenters. The van der Waals surface area contributed by atoms with Crippen molar-refractivity contribution in [3.05, 3.63) is 35.4 Å². The largest absolute Gasteiger partial charge is 0.454 e. The molecule has 0 aliphatic carbocycles. The molecule has 0 amide bonds. The maximum atomic E-state index is 5.72. The molecule has 1 aliphatic heterocycles. The lowest BCUT2D eigenvalue weighted by atomic mass is 10.1. The first-order chi connectivity index (χ1) is 8.65. The number of hydrogen-bond donors (Lipinski definition) is 1. The zero-order valence-electron chi connectivity index (χ0n) is 10.5. The summed E-state index contributed by atoms with van der Waals surface area (Å²) in [5.41, 5.74) is 1.26. The van der Waals surface area contributed by atoms with Gasteiger partial charge in [-0.2, -0.15) is 0 Å². The van der Waals surface area contributed by atoms with E-state index in [0.29, 0.717) is 24.4 Å². The van der Waals surface area contributed by atoms with E-state index in [4.69, 9.17) is 21.1 Å². The van der Waals surface area contributed by atoms with E-state index in [0.717, 1.165) is 24.3 Å². The van der Waals surface area contributed by atoms with Gasteiger partial charge in [-0.1, -0.05) is 24.2 Å². The number of rotatable bonds is 6. The Morgan fingerprint density at radius 2 is 2.22 bits per heavy atom. The number of hydrogen-bond acceptors (Lipinski definition) is 3. The van der Waals surface area contributed by atoms with Gasteiger partial charge in [0, 0.05) is 17.6 Å². The number of ether oxygens (including phenoxy) is 2. The van der Waals surface area contributed by atoms with E-state index in [-0.39, 0.29) is 0 Å². The van der Waals surface area contributed by atoms with Crippen molar-refractivity contribution in [1.82, 2.24) is 5.32 Å². The van der Waals surface area contributed by atoms with Crippen LogP contribution in [-0.2, 0) is 6.42 Å². The fourth-order valence-corrected chi connectivity index (χ4v) is 1.94. The van der Waals surface area contributed by atoms with Crippen LogP contribution in [-0.4, -0.2) is 19.4 Å². The molecule has 1 heterocycles. The Morgan fingerprint density at radius 1 is 1.44 bits per heavy atom. The maximum absolute atomic E-state index is 5.72. The Morgan fingerprint density at radius 3 is 3.00 bits per heavy atom. The van der Waals surface area contributed by atoms with Crippen LogP contribution in [0.25, 0.3) is 0 Å². The van der Waals surface area contributed by atoms with E-state index in [1.807, 2.05) is 6.07 Å². The minimum absolute atomic E-state index is 0.328. The number of fused-ring (bicyclic) bond motifs is 1. The molecule has 3 nitrogen and oxygen atoms in total. The Kier molecular flexibility index (Phi) is 4.50. The lowest BCUT2D eigenvalue weighted by Gasteiger charge is -2.13. The second-order valence-electron chi connectivity index (χ2n) is 4.53. The first kappa shape index (κ1) is 13.2. The lowest BCUT2D eigenvalue weighted by molar-refractivity contribution is 0.174. The molecule has 1 unspecified atom stereocenters. The Bertz CT molecular complexity index is 434. The zero-order chi connectivity index (χ0) is 13.0. The highest BCUT2D eigenvalue weighted by Crippen LogP contribution is 2.32. The minimum atomic E-state index is 0.328. The highest BCUT2D eigenvalue weighted by molar-refractivity contribution is 6.29. The van der Waals surface area contributed by atoms with Crippen LogP contribution in [0.15, 0.2) is 29.8 Å². The quantitative estimate of drug-likeness (QED) is 0.859. The van der Waals surface area contributed by atoms with Gasteiger partial charge in [0.25, 0.3) is 0 Å². The van der Waals surface area contributed by atoms with E-state index in [9.17, 15) is 0 Å². The molecule has 1 aromatic carbocycles. The van der Waals surface area contributed by atoms with Crippen molar-refractivity contribution in [3.63, 3.8) is 0 Å². The van der Waals surface area contributed by atoms with Crippen molar-refractivity contribution in [2.75, 3.05) is 13.3 Å². The van der Waals surface area contributed by atoms with Gasteiger partial charge < -0.3 is 14.8 Å². The second kappa shape index (κ2) is 6.12. The Hall–Kier alpha value is -1.19. The molecule has 1 N–H and O–H groups in total. The SMILES string of the molecule is C=C(Cl)CNC(C)CCc1ccc2c(c1)OCO2. The lowest BCUT2D eigenvalue weighted by Crippen LogP contribution is -2.27. The van der Waals surface area contributed by atoms with Crippen LogP contribution >= 0.6 is 11.6 Å². The van der Waals surface area contributed by atoms with Crippen LogP contribution in [0, 0.1) is 0 Å². The maximum Gasteiger partial charge on any atom is 0.231 e. The van der Waals surface area contributed by atoms with Gasteiger partial charge in [-0.3, -0.25) is 0 Å². The van der Waals surface area contributed by atoms with Gasteiger partial charge in [-0.25, -0.2) is 0 Å². The normalized spacial score (nSPS) is 14.6. The average Bonchev–Trinajstić information content (AvgIpc) is 2.81. The van der Waals surface area contributed by atoms with E-state index in [1.54, 1.807) is 0 Å². The molecule has 0 fully saturated rings. The molecule has 0 saturated carbocycles. The minimum Gasteiger partial charge on any atom is -0.454 e. The van der Waals surface area contributed by atoms with E-state index in [1.165, 1.54) is 5.56 Å². The number of benzene rings is 1. The molecule has 0 radical (unpaired) electrons. The van der Waals surface area contributed by atoms with Crippen molar-refractivity contribution in [2.24, 2.45) is 0 Å². The second-order valence-corrected chi connectivity index (χ2v) is 5.06. The molecule has 1 aromatic rings. The van der Waals surface area contributed by atoms with E-state index in [2.05, 4.69) is 31.0 Å². The van der Waals surface area contributed by atoms with Gasteiger partial charge in [0.2, 0.25) is 6.79 Å². The van der Waals surface area contributed by atoms with Crippen LogP contribution in [0.4, 0.5) is 0 Å². The van der Waals surface area contributed by atoms with Crippen molar-refractivity contribution in [2.45, 2.75) is 25.8 Å². The third kappa shape index (κ3) is 3.65. The van der Waals surface area contributed by atoms with Crippen LogP contribution < -0.4 is 14.8 Å². The van der Waals surface area contributed by atoms with Gasteiger partial charge in [-0.05, 0) is 37.5 Å². The van der Waals surface area contributed by atoms with Crippen LogP contribution in [0.3, 0.4) is 0 Å². The van der Waals surface area contributed by atoms with Crippen LogP contribution in [0.1, 0.15) is 18.9 Å². The van der Waals surface area contributed by atoms with Gasteiger partial charge in [-0.15, -0.1) is 0 Å². The fraction of sp³-hybridized carbons (Fsp3) is 0.429.